The number of carboxylic acids is 1. The first-order valence-corrected chi connectivity index (χ1v) is 14.6. The number of hydrogen-bond acceptors (Lipinski definition) is 3. The van der Waals surface area contributed by atoms with Gasteiger partial charge >= 0.3 is 5.97 Å². The molecule has 39 heavy (non-hydrogen) atoms. The quantitative estimate of drug-likeness (QED) is 0.292. The summed E-state index contributed by atoms with van der Waals surface area (Å²) in [6.45, 7) is 3.94. The van der Waals surface area contributed by atoms with Gasteiger partial charge in [-0.2, -0.15) is 0 Å². The van der Waals surface area contributed by atoms with Crippen LogP contribution in [0.3, 0.4) is 0 Å². The molecule has 204 valence electrons. The monoisotopic (exact) mass is 524 g/mol. The van der Waals surface area contributed by atoms with Gasteiger partial charge in [0.2, 0.25) is 0 Å². The molecule has 0 radical (unpaired) electrons. The fourth-order valence-electron chi connectivity index (χ4n) is 8.02. The Morgan fingerprint density at radius 3 is 2.21 bits per heavy atom. The number of hydrogen-bond donors (Lipinski definition) is 1. The molecular weight excluding hydrogens is 484 g/mol. The third-order valence-corrected chi connectivity index (χ3v) is 9.64. The van der Waals surface area contributed by atoms with Crippen molar-refractivity contribution in [1.82, 2.24) is 0 Å². The Hall–Kier alpha value is -3.27. The van der Waals surface area contributed by atoms with E-state index in [1.165, 1.54) is 60.8 Å². The molecule has 4 aliphatic carbocycles. The van der Waals surface area contributed by atoms with Gasteiger partial charge < -0.3 is 14.6 Å². The summed E-state index contributed by atoms with van der Waals surface area (Å²) < 4.78 is 12.1. The van der Waals surface area contributed by atoms with Crippen LogP contribution in [0.5, 0.6) is 11.5 Å². The summed E-state index contributed by atoms with van der Waals surface area (Å²) in [5.41, 5.74) is 6.77. The number of rotatable bonds is 10. The minimum absolute atomic E-state index is 0.176. The summed E-state index contributed by atoms with van der Waals surface area (Å²) in [7, 11) is 0. The lowest BCUT2D eigenvalue weighted by Gasteiger charge is -2.57. The topological polar surface area (TPSA) is 55.8 Å². The Kier molecular flexibility index (Phi) is 7.14. The fourth-order valence-corrected chi connectivity index (χ4v) is 8.02. The second kappa shape index (κ2) is 10.7. The van der Waals surface area contributed by atoms with Gasteiger partial charge in [0.25, 0.3) is 0 Å². The van der Waals surface area contributed by atoms with Crippen molar-refractivity contribution < 1.29 is 19.4 Å². The van der Waals surface area contributed by atoms with Gasteiger partial charge in [-0.15, -0.1) is 0 Å². The molecule has 7 rings (SSSR count). The standard InChI is InChI=1S/C35H40O4/c1-23-6-7-25(14-24(23)2)8-13-33(29-4-3-5-32(18-29)38-22-34(36)37)39-31-11-9-30(10-12-31)35-19-26-15-27(20-35)17-28(16-26)21-35/h3-7,9-12,14,18,26-28,33H,8,13,15-17,19-22H2,1-2H3,(H,36,37)/t26?,27?,28?,33-,35?/m0/s1. The second-order valence-corrected chi connectivity index (χ2v) is 12.5. The Morgan fingerprint density at radius 1 is 0.872 bits per heavy atom. The van der Waals surface area contributed by atoms with Crippen LogP contribution in [0.15, 0.2) is 66.7 Å². The first-order valence-electron chi connectivity index (χ1n) is 14.6. The van der Waals surface area contributed by atoms with Gasteiger partial charge in [-0.25, -0.2) is 4.79 Å². The normalized spacial score (nSPS) is 25.8. The van der Waals surface area contributed by atoms with E-state index in [4.69, 9.17) is 14.6 Å². The maximum atomic E-state index is 11.0. The lowest BCUT2D eigenvalue weighted by molar-refractivity contribution is -0.139. The Labute approximate surface area is 232 Å². The molecule has 0 aromatic heterocycles. The van der Waals surface area contributed by atoms with Crippen LogP contribution < -0.4 is 9.47 Å². The number of carbonyl (C=O) groups is 1. The van der Waals surface area contributed by atoms with E-state index < -0.39 is 5.97 Å². The van der Waals surface area contributed by atoms with E-state index in [1.54, 1.807) is 6.07 Å². The number of ether oxygens (including phenoxy) is 2. The molecule has 0 heterocycles. The zero-order valence-electron chi connectivity index (χ0n) is 23.2. The summed E-state index contributed by atoms with van der Waals surface area (Å²) in [6.07, 6.45) is 9.97. The highest BCUT2D eigenvalue weighted by Gasteiger charge is 2.51. The van der Waals surface area contributed by atoms with E-state index in [1.807, 2.05) is 18.2 Å². The Bertz CT molecular complexity index is 1290. The average Bonchev–Trinajstić information content (AvgIpc) is 2.91. The van der Waals surface area contributed by atoms with E-state index in [-0.39, 0.29) is 12.7 Å². The molecule has 3 aromatic rings. The zero-order valence-corrected chi connectivity index (χ0v) is 23.2. The Balaban J connectivity index is 1.21. The maximum Gasteiger partial charge on any atom is 0.341 e. The van der Waals surface area contributed by atoms with Crippen molar-refractivity contribution in [1.29, 1.82) is 0 Å². The third kappa shape index (κ3) is 5.71. The SMILES string of the molecule is Cc1ccc(CC[C@H](Oc2ccc(C34CC5CC(CC(C5)C3)C4)cc2)c2cccc(OCC(=O)O)c2)cc1C. The molecule has 0 amide bonds. The minimum Gasteiger partial charge on any atom is -0.486 e. The van der Waals surface area contributed by atoms with Crippen molar-refractivity contribution in [3.63, 3.8) is 0 Å². The predicted molar refractivity (Wildman–Crippen MR) is 153 cm³/mol. The first-order chi connectivity index (χ1) is 18.8. The first kappa shape index (κ1) is 26.0. The van der Waals surface area contributed by atoms with Crippen LogP contribution in [-0.4, -0.2) is 17.7 Å². The van der Waals surface area contributed by atoms with E-state index in [2.05, 4.69) is 56.3 Å². The molecule has 4 heteroatoms. The summed E-state index contributed by atoms with van der Waals surface area (Å²) in [5.74, 6) is 3.23. The molecule has 1 atom stereocenters. The van der Waals surface area contributed by atoms with Gasteiger partial charge in [0.1, 0.15) is 17.6 Å². The molecule has 0 spiro atoms. The van der Waals surface area contributed by atoms with E-state index in [9.17, 15) is 4.79 Å². The lowest BCUT2D eigenvalue weighted by atomic mass is 9.48. The molecule has 4 bridgehead atoms. The fraction of sp³-hybridized carbons (Fsp3) is 0.457. The number of aliphatic carboxylic acids is 1. The largest absolute Gasteiger partial charge is 0.486 e. The van der Waals surface area contributed by atoms with Gasteiger partial charge in [-0.1, -0.05) is 42.5 Å². The number of aryl methyl sites for hydroxylation is 3. The summed E-state index contributed by atoms with van der Waals surface area (Å²) in [5, 5.41) is 9.04. The lowest BCUT2D eigenvalue weighted by Crippen LogP contribution is -2.48. The number of benzene rings is 3. The number of carboxylic acid groups (broad SMARTS) is 1. The summed E-state index contributed by atoms with van der Waals surface area (Å²) >= 11 is 0. The van der Waals surface area contributed by atoms with Gasteiger partial charge in [0.05, 0.1) is 0 Å². The molecule has 4 fully saturated rings. The molecule has 4 saturated carbocycles. The maximum absolute atomic E-state index is 11.0. The van der Waals surface area contributed by atoms with Crippen LogP contribution in [0.1, 0.15) is 78.9 Å². The van der Waals surface area contributed by atoms with Crippen molar-refractivity contribution >= 4 is 5.97 Å². The molecular formula is C35H40O4. The summed E-state index contributed by atoms with van der Waals surface area (Å²) in [4.78, 5) is 11.0. The molecule has 0 unspecified atom stereocenters. The predicted octanol–water partition coefficient (Wildman–Crippen LogP) is 7.99. The summed E-state index contributed by atoms with van der Waals surface area (Å²) in [6, 6.07) is 23.3. The molecule has 0 saturated heterocycles. The van der Waals surface area contributed by atoms with Crippen LogP contribution in [0.2, 0.25) is 0 Å². The molecule has 4 aliphatic rings. The third-order valence-electron chi connectivity index (χ3n) is 9.64. The van der Waals surface area contributed by atoms with Crippen molar-refractivity contribution in [3.8, 4) is 11.5 Å². The zero-order chi connectivity index (χ0) is 27.0. The van der Waals surface area contributed by atoms with Crippen LogP contribution in [0.4, 0.5) is 0 Å². The molecule has 1 N–H and O–H groups in total. The molecule has 0 aliphatic heterocycles. The van der Waals surface area contributed by atoms with Gasteiger partial charge in [-0.3, -0.25) is 0 Å². The van der Waals surface area contributed by atoms with Crippen LogP contribution in [0.25, 0.3) is 0 Å². The van der Waals surface area contributed by atoms with Crippen molar-refractivity contribution in [2.24, 2.45) is 17.8 Å². The van der Waals surface area contributed by atoms with Gasteiger partial charge in [-0.05, 0) is 140 Å². The Morgan fingerprint density at radius 2 is 1.56 bits per heavy atom. The smallest absolute Gasteiger partial charge is 0.341 e. The van der Waals surface area contributed by atoms with Gasteiger partial charge in [0, 0.05) is 0 Å². The van der Waals surface area contributed by atoms with Crippen molar-refractivity contribution in [2.75, 3.05) is 6.61 Å². The van der Waals surface area contributed by atoms with Crippen LogP contribution >= 0.6 is 0 Å². The highest BCUT2D eigenvalue weighted by Crippen LogP contribution is 2.60. The van der Waals surface area contributed by atoms with Crippen molar-refractivity contribution in [2.45, 2.75) is 76.7 Å². The average molecular weight is 525 g/mol. The van der Waals surface area contributed by atoms with E-state index in [0.717, 1.165) is 41.9 Å². The van der Waals surface area contributed by atoms with E-state index >= 15 is 0 Å². The molecule has 4 nitrogen and oxygen atoms in total. The minimum atomic E-state index is -0.984. The molecule has 3 aromatic carbocycles. The van der Waals surface area contributed by atoms with Crippen LogP contribution in [0, 0.1) is 31.6 Å². The second-order valence-electron chi connectivity index (χ2n) is 12.5. The highest BCUT2D eigenvalue weighted by atomic mass is 16.5. The van der Waals surface area contributed by atoms with Gasteiger partial charge in [0.15, 0.2) is 6.61 Å². The van der Waals surface area contributed by atoms with Crippen LogP contribution in [-0.2, 0) is 16.6 Å². The van der Waals surface area contributed by atoms with E-state index in [0.29, 0.717) is 11.2 Å². The van der Waals surface area contributed by atoms with Crippen molar-refractivity contribution in [3.05, 3.63) is 94.5 Å². The highest BCUT2D eigenvalue weighted by molar-refractivity contribution is 5.68.